The van der Waals surface area contributed by atoms with Crippen molar-refractivity contribution < 1.29 is 119 Å². The minimum atomic E-state index is -0.181. The molecule has 2 fully saturated rings. The number of halogens is 3. The number of nitrogens with zero attached hydrogens (tertiary/aromatic N) is 1. The molecule has 0 bridgehead atoms. The van der Waals surface area contributed by atoms with E-state index in [-0.39, 0.29) is 118 Å². The third kappa shape index (κ3) is 41.9. The van der Waals surface area contributed by atoms with Crippen molar-refractivity contribution in [3.8, 4) is 0 Å². The van der Waals surface area contributed by atoms with E-state index >= 15 is 0 Å². The van der Waals surface area contributed by atoms with E-state index in [4.69, 9.17) is 33.3 Å². The molecule has 0 aromatic carbocycles. The molecule has 0 radical (unpaired) electrons. The van der Waals surface area contributed by atoms with Crippen LogP contribution in [0.4, 0.5) is 0 Å². The van der Waals surface area contributed by atoms with Crippen LogP contribution in [-0.4, -0.2) is 61.2 Å². The van der Waals surface area contributed by atoms with Gasteiger partial charge in [-0.1, -0.05) is 36.2 Å². The minimum Gasteiger partial charge on any atom is -1.00 e. The van der Waals surface area contributed by atoms with Gasteiger partial charge < -0.3 is 21.8 Å². The molecule has 174 valence electrons. The summed E-state index contributed by atoms with van der Waals surface area (Å²) in [5.41, 5.74) is 0. The molecule has 10 heteroatoms. The maximum atomic E-state index is 8.64. The predicted octanol–water partition coefficient (Wildman–Crippen LogP) is -1.16. The molecule has 2 heterocycles. The van der Waals surface area contributed by atoms with E-state index in [9.17, 15) is 0 Å². The molecule has 0 unspecified atom stereocenters. The summed E-state index contributed by atoms with van der Waals surface area (Å²) in [6, 6.07) is 0. The number of rotatable bonds is 8. The number of carbonyl (C=O) groups is 1. The second-order valence-electron chi connectivity index (χ2n) is 6.39. The van der Waals surface area contributed by atoms with Crippen LogP contribution in [0.5, 0.6) is 0 Å². The van der Waals surface area contributed by atoms with Crippen LogP contribution >= 0.6 is 39.1 Å². The van der Waals surface area contributed by atoms with Gasteiger partial charge in [0.2, 0.25) is 0 Å². The first kappa shape index (κ1) is 43.7. The van der Waals surface area contributed by atoms with E-state index in [1.807, 2.05) is 0 Å². The van der Waals surface area contributed by atoms with Crippen molar-refractivity contribution in [2.24, 2.45) is 0 Å². The first-order valence-corrected chi connectivity index (χ1v) is 12.3. The SMILES string of the molecule is C.C1CCNCC1.ClCCCCBr.ClCCCCN1CCCCC1.O=CO[O-].[H-].[K+].[K+]. The standard InChI is InChI=1S/C9H18ClN.C5H11N.C4H8BrCl.CH2O3.CH4.2K.H/c10-6-2-5-9-11-7-3-1-4-8-11;1-2-4-6-5-3-1;5-3-1-2-4-6;2-1-4-3;;;;/h1-9H2;6H,1-5H2;1-4H2;1,3H;1H4;;;/q;;;;;2*+1;-1/p-1. The van der Waals surface area contributed by atoms with Gasteiger partial charge in [-0.3, -0.25) is 4.79 Å². The molecule has 2 rings (SSSR count). The number of nitrogens with one attached hydrogen (secondary N) is 1. The summed E-state index contributed by atoms with van der Waals surface area (Å²) in [7, 11) is 0. The largest absolute Gasteiger partial charge is 1.00 e. The molecular formula is C20H43BrCl2K2N2O3. The summed E-state index contributed by atoms with van der Waals surface area (Å²) < 4.78 is 0. The van der Waals surface area contributed by atoms with Crippen LogP contribution < -0.4 is 113 Å². The van der Waals surface area contributed by atoms with Crippen LogP contribution in [0, 0.1) is 0 Å². The number of alkyl halides is 3. The molecule has 2 aliphatic rings. The Kier molecular flexibility index (Phi) is 62.4. The number of hydrogen-bond donors (Lipinski definition) is 1. The first-order chi connectivity index (χ1) is 13.3. The van der Waals surface area contributed by atoms with Gasteiger partial charge in [0.1, 0.15) is 0 Å². The Morgan fingerprint density at radius 1 is 0.933 bits per heavy atom. The van der Waals surface area contributed by atoms with Gasteiger partial charge in [0.05, 0.1) is 0 Å². The average molecular weight is 589 g/mol. The van der Waals surface area contributed by atoms with Crippen LogP contribution in [-0.2, 0) is 9.68 Å². The van der Waals surface area contributed by atoms with Crippen LogP contribution in [0.15, 0.2) is 0 Å². The van der Waals surface area contributed by atoms with Gasteiger partial charge in [-0.2, -0.15) is 0 Å². The topological polar surface area (TPSA) is 64.6 Å². The average Bonchev–Trinajstić information content (AvgIpc) is 2.75. The zero-order valence-electron chi connectivity index (χ0n) is 19.6. The van der Waals surface area contributed by atoms with Crippen molar-refractivity contribution in [1.82, 2.24) is 10.2 Å². The fraction of sp³-hybridized carbons (Fsp3) is 0.950. The molecule has 0 aliphatic carbocycles. The summed E-state index contributed by atoms with van der Waals surface area (Å²) in [4.78, 5) is 13.8. The van der Waals surface area contributed by atoms with Gasteiger partial charge in [0.25, 0.3) is 6.47 Å². The predicted molar refractivity (Wildman–Crippen MR) is 126 cm³/mol. The summed E-state index contributed by atoms with van der Waals surface area (Å²) in [5.74, 6) is 1.62. The van der Waals surface area contributed by atoms with Crippen molar-refractivity contribution in [3.63, 3.8) is 0 Å². The van der Waals surface area contributed by atoms with Gasteiger partial charge in [-0.15, -0.1) is 23.2 Å². The Morgan fingerprint density at radius 2 is 1.40 bits per heavy atom. The Balaban J connectivity index is -0.0000000688. The van der Waals surface area contributed by atoms with E-state index in [1.54, 1.807) is 0 Å². The molecule has 0 saturated carbocycles. The van der Waals surface area contributed by atoms with E-state index in [2.05, 4.69) is 31.0 Å². The fourth-order valence-electron chi connectivity index (χ4n) is 2.60. The van der Waals surface area contributed by atoms with E-state index in [0.29, 0.717) is 0 Å². The van der Waals surface area contributed by atoms with Gasteiger partial charge >= 0.3 is 103 Å². The monoisotopic (exact) mass is 586 g/mol. The van der Waals surface area contributed by atoms with Crippen molar-refractivity contribution in [3.05, 3.63) is 0 Å². The number of piperidine rings is 2. The number of carbonyl (C=O) groups excluding carboxylic acids is 1. The Labute approximate surface area is 291 Å². The molecule has 0 spiro atoms. The quantitative estimate of drug-likeness (QED) is 0.0969. The van der Waals surface area contributed by atoms with Gasteiger partial charge in [0.15, 0.2) is 0 Å². The molecule has 0 amide bonds. The Bertz CT molecular complexity index is 273. The second-order valence-corrected chi connectivity index (χ2v) is 7.94. The third-order valence-electron chi connectivity index (χ3n) is 4.07. The molecule has 30 heavy (non-hydrogen) atoms. The Hall–Kier alpha value is 3.68. The molecule has 2 aliphatic heterocycles. The normalized spacial score (nSPS) is 14.8. The maximum Gasteiger partial charge on any atom is 1.00 e. The summed E-state index contributed by atoms with van der Waals surface area (Å²) in [6.07, 6.45) is 13.2. The maximum absolute atomic E-state index is 8.64. The van der Waals surface area contributed by atoms with Crippen LogP contribution in [0.1, 0.15) is 73.1 Å². The second kappa shape index (κ2) is 42.8. The number of likely N-dealkylation sites (tertiary alicyclic amines) is 1. The van der Waals surface area contributed by atoms with Crippen LogP contribution in [0.2, 0.25) is 0 Å². The molecule has 0 atom stereocenters. The number of unbranched alkanes of at least 4 members (excludes halogenated alkanes) is 2. The van der Waals surface area contributed by atoms with Gasteiger partial charge in [-0.05, 0) is 84.1 Å². The fourth-order valence-corrected chi connectivity index (χ4v) is 3.38. The number of hydrogen-bond acceptors (Lipinski definition) is 5. The van der Waals surface area contributed by atoms with E-state index in [1.165, 1.54) is 90.5 Å². The zero-order chi connectivity index (χ0) is 20.4. The van der Waals surface area contributed by atoms with Gasteiger partial charge in [-0.25, -0.2) is 0 Å². The van der Waals surface area contributed by atoms with Crippen LogP contribution in [0.3, 0.4) is 0 Å². The molecule has 5 nitrogen and oxygen atoms in total. The smallest absolute Gasteiger partial charge is 1.00 e. The van der Waals surface area contributed by atoms with E-state index < -0.39 is 0 Å². The summed E-state index contributed by atoms with van der Waals surface area (Å²) >= 11 is 14.3. The molecule has 0 aromatic heterocycles. The molecule has 2 saturated heterocycles. The van der Waals surface area contributed by atoms with Crippen molar-refractivity contribution in [1.29, 1.82) is 0 Å². The van der Waals surface area contributed by atoms with Crippen molar-refractivity contribution >= 4 is 45.6 Å². The summed E-state index contributed by atoms with van der Waals surface area (Å²) in [5, 5.41) is 12.8. The minimum absolute atomic E-state index is 0. The van der Waals surface area contributed by atoms with Crippen LogP contribution in [0.25, 0.3) is 0 Å². The van der Waals surface area contributed by atoms with E-state index in [0.717, 1.165) is 23.5 Å². The molecular weight excluding hydrogens is 545 g/mol. The third-order valence-corrected chi connectivity index (χ3v) is 5.17. The molecule has 1 N–H and O–H groups in total. The van der Waals surface area contributed by atoms with Crippen molar-refractivity contribution in [2.75, 3.05) is 49.8 Å². The Morgan fingerprint density at radius 3 is 1.70 bits per heavy atom. The first-order valence-electron chi connectivity index (χ1n) is 10.1. The molecule has 0 aromatic rings. The zero-order valence-corrected chi connectivity index (χ0v) is 28.0. The van der Waals surface area contributed by atoms with Crippen molar-refractivity contribution in [2.45, 2.75) is 71.6 Å². The summed E-state index contributed by atoms with van der Waals surface area (Å²) in [6.45, 7) is 6.23. The van der Waals surface area contributed by atoms with Gasteiger partial charge in [0, 0.05) is 17.1 Å².